The Morgan fingerprint density at radius 2 is 2.06 bits per heavy atom. The molecule has 1 rings (SSSR count). The summed E-state index contributed by atoms with van der Waals surface area (Å²) < 4.78 is 1.27. The third-order valence-corrected chi connectivity index (χ3v) is 4.51. The molecule has 16 heavy (non-hydrogen) atoms. The monoisotopic (exact) mass is 303 g/mol. The highest BCUT2D eigenvalue weighted by molar-refractivity contribution is 9.10. The third kappa shape index (κ3) is 4.56. The molecule has 3 heteroatoms. The Morgan fingerprint density at radius 3 is 2.62 bits per heavy atom. The van der Waals surface area contributed by atoms with E-state index >= 15 is 0 Å². The SMILES string of the molecule is CCCCCC(NCCC)c1cscc1Br. The molecule has 0 amide bonds. The smallest absolute Gasteiger partial charge is 0.0339 e. The van der Waals surface area contributed by atoms with E-state index in [0.29, 0.717) is 6.04 Å². The Morgan fingerprint density at radius 1 is 1.25 bits per heavy atom. The van der Waals surface area contributed by atoms with Crippen LogP contribution in [0.15, 0.2) is 15.2 Å². The molecule has 0 aliphatic carbocycles. The average Bonchev–Trinajstić information content (AvgIpc) is 2.70. The molecule has 1 atom stereocenters. The van der Waals surface area contributed by atoms with Gasteiger partial charge in [0, 0.05) is 15.9 Å². The minimum Gasteiger partial charge on any atom is -0.310 e. The van der Waals surface area contributed by atoms with E-state index in [1.165, 1.54) is 42.1 Å². The molecule has 0 aliphatic rings. The quantitative estimate of drug-likeness (QED) is 0.656. The highest BCUT2D eigenvalue weighted by atomic mass is 79.9. The van der Waals surface area contributed by atoms with Crippen molar-refractivity contribution in [3.63, 3.8) is 0 Å². The van der Waals surface area contributed by atoms with Gasteiger partial charge in [0.25, 0.3) is 0 Å². The Kier molecular flexibility index (Phi) is 7.33. The van der Waals surface area contributed by atoms with Gasteiger partial charge in [-0.3, -0.25) is 0 Å². The van der Waals surface area contributed by atoms with Gasteiger partial charge in [0.05, 0.1) is 0 Å². The maximum absolute atomic E-state index is 3.65. The second-order valence-electron chi connectivity index (χ2n) is 4.18. The Balaban J connectivity index is 2.53. The highest BCUT2D eigenvalue weighted by Gasteiger charge is 2.13. The fraction of sp³-hybridized carbons (Fsp3) is 0.692. The van der Waals surface area contributed by atoms with Gasteiger partial charge in [-0.05, 0) is 46.3 Å². The van der Waals surface area contributed by atoms with Crippen molar-refractivity contribution in [1.82, 2.24) is 5.32 Å². The standard InChI is InChI=1S/C13H22BrNS/c1-3-5-6-7-13(15-8-4-2)11-9-16-10-12(11)14/h9-10,13,15H,3-8H2,1-2H3. The summed E-state index contributed by atoms with van der Waals surface area (Å²) >= 11 is 5.42. The average molecular weight is 304 g/mol. The zero-order chi connectivity index (χ0) is 11.8. The van der Waals surface area contributed by atoms with Crippen molar-refractivity contribution in [3.05, 3.63) is 20.8 Å². The first-order valence-corrected chi connectivity index (χ1v) is 7.98. The summed E-state index contributed by atoms with van der Waals surface area (Å²) in [5, 5.41) is 8.09. The van der Waals surface area contributed by atoms with Crippen LogP contribution < -0.4 is 5.32 Å². The van der Waals surface area contributed by atoms with Gasteiger partial charge in [-0.1, -0.05) is 33.1 Å². The molecule has 1 nitrogen and oxygen atoms in total. The van der Waals surface area contributed by atoms with E-state index in [4.69, 9.17) is 0 Å². The van der Waals surface area contributed by atoms with Crippen molar-refractivity contribution in [2.45, 2.75) is 52.0 Å². The molecule has 0 aliphatic heterocycles. The van der Waals surface area contributed by atoms with Crippen LogP contribution in [0.1, 0.15) is 57.6 Å². The number of unbranched alkanes of at least 4 members (excludes halogenated alkanes) is 2. The summed E-state index contributed by atoms with van der Waals surface area (Å²) in [6, 6.07) is 0.534. The molecule has 1 aromatic heterocycles. The van der Waals surface area contributed by atoms with Gasteiger partial charge >= 0.3 is 0 Å². The van der Waals surface area contributed by atoms with Crippen LogP contribution in [0, 0.1) is 0 Å². The van der Waals surface area contributed by atoms with E-state index in [1.54, 1.807) is 11.3 Å². The van der Waals surface area contributed by atoms with E-state index in [-0.39, 0.29) is 0 Å². The Bertz CT molecular complexity index is 285. The molecule has 0 aromatic carbocycles. The topological polar surface area (TPSA) is 12.0 Å². The summed E-state index contributed by atoms with van der Waals surface area (Å²) in [4.78, 5) is 0. The van der Waals surface area contributed by atoms with Crippen molar-refractivity contribution < 1.29 is 0 Å². The second kappa shape index (κ2) is 8.26. The zero-order valence-electron chi connectivity index (χ0n) is 10.3. The van der Waals surface area contributed by atoms with Crippen LogP contribution in [0.4, 0.5) is 0 Å². The Hall–Kier alpha value is 0.140. The number of hydrogen-bond donors (Lipinski definition) is 1. The van der Waals surface area contributed by atoms with E-state index < -0.39 is 0 Å². The zero-order valence-corrected chi connectivity index (χ0v) is 12.7. The lowest BCUT2D eigenvalue weighted by molar-refractivity contribution is 0.474. The fourth-order valence-corrected chi connectivity index (χ4v) is 3.45. The first-order chi connectivity index (χ1) is 7.79. The molecule has 0 spiro atoms. The van der Waals surface area contributed by atoms with Crippen LogP contribution in [0.5, 0.6) is 0 Å². The van der Waals surface area contributed by atoms with Crippen molar-refractivity contribution in [2.24, 2.45) is 0 Å². The number of rotatable bonds is 8. The van der Waals surface area contributed by atoms with Crippen LogP contribution in [-0.4, -0.2) is 6.54 Å². The molecule has 1 heterocycles. The summed E-state index contributed by atoms with van der Waals surface area (Å²) in [6.07, 6.45) is 6.41. The molecule has 0 bridgehead atoms. The molecule has 0 fully saturated rings. The minimum atomic E-state index is 0.534. The van der Waals surface area contributed by atoms with Crippen LogP contribution >= 0.6 is 27.3 Å². The Labute approximate surface area is 112 Å². The minimum absolute atomic E-state index is 0.534. The summed E-state index contributed by atoms with van der Waals surface area (Å²) in [7, 11) is 0. The normalized spacial score (nSPS) is 12.9. The van der Waals surface area contributed by atoms with Gasteiger partial charge in [-0.2, -0.15) is 11.3 Å². The number of thiophene rings is 1. The first kappa shape index (κ1) is 14.2. The molecule has 1 aromatic rings. The summed E-state index contributed by atoms with van der Waals surface area (Å²) in [5.41, 5.74) is 1.44. The maximum atomic E-state index is 3.65. The number of hydrogen-bond acceptors (Lipinski definition) is 2. The van der Waals surface area contributed by atoms with Crippen LogP contribution in [-0.2, 0) is 0 Å². The van der Waals surface area contributed by atoms with Crippen molar-refractivity contribution in [2.75, 3.05) is 6.54 Å². The van der Waals surface area contributed by atoms with E-state index in [0.717, 1.165) is 6.54 Å². The lowest BCUT2D eigenvalue weighted by atomic mass is 10.0. The molecule has 0 saturated heterocycles. The van der Waals surface area contributed by atoms with Crippen LogP contribution in [0.25, 0.3) is 0 Å². The molecule has 92 valence electrons. The number of nitrogens with one attached hydrogen (secondary N) is 1. The van der Waals surface area contributed by atoms with Gasteiger partial charge in [0.2, 0.25) is 0 Å². The maximum Gasteiger partial charge on any atom is 0.0339 e. The van der Waals surface area contributed by atoms with Crippen LogP contribution in [0.3, 0.4) is 0 Å². The largest absolute Gasteiger partial charge is 0.310 e. The molecular weight excluding hydrogens is 282 g/mol. The summed E-state index contributed by atoms with van der Waals surface area (Å²) in [6.45, 7) is 5.59. The lowest BCUT2D eigenvalue weighted by Gasteiger charge is -2.18. The van der Waals surface area contributed by atoms with E-state index in [9.17, 15) is 0 Å². The molecule has 1 N–H and O–H groups in total. The predicted octanol–water partition coefficient (Wildman–Crippen LogP) is 5.13. The van der Waals surface area contributed by atoms with Crippen LogP contribution in [0.2, 0.25) is 0 Å². The third-order valence-electron chi connectivity index (χ3n) is 2.75. The van der Waals surface area contributed by atoms with Gasteiger partial charge in [-0.15, -0.1) is 0 Å². The van der Waals surface area contributed by atoms with Gasteiger partial charge < -0.3 is 5.32 Å². The lowest BCUT2D eigenvalue weighted by Crippen LogP contribution is -2.22. The molecule has 0 saturated carbocycles. The van der Waals surface area contributed by atoms with Crippen molar-refractivity contribution >= 4 is 27.3 Å². The van der Waals surface area contributed by atoms with Gasteiger partial charge in [0.1, 0.15) is 0 Å². The van der Waals surface area contributed by atoms with Gasteiger partial charge in [-0.25, -0.2) is 0 Å². The van der Waals surface area contributed by atoms with Crippen molar-refractivity contribution in [3.8, 4) is 0 Å². The van der Waals surface area contributed by atoms with E-state index in [2.05, 4.69) is 45.9 Å². The molecule has 1 unspecified atom stereocenters. The van der Waals surface area contributed by atoms with Crippen molar-refractivity contribution in [1.29, 1.82) is 0 Å². The van der Waals surface area contributed by atoms with Gasteiger partial charge in [0.15, 0.2) is 0 Å². The highest BCUT2D eigenvalue weighted by Crippen LogP contribution is 2.30. The van der Waals surface area contributed by atoms with E-state index in [1.807, 2.05) is 0 Å². The predicted molar refractivity (Wildman–Crippen MR) is 77.2 cm³/mol. The number of halogens is 1. The second-order valence-corrected chi connectivity index (χ2v) is 5.78. The fourth-order valence-electron chi connectivity index (χ4n) is 1.82. The summed E-state index contributed by atoms with van der Waals surface area (Å²) in [5.74, 6) is 0. The molecular formula is C13H22BrNS. The first-order valence-electron chi connectivity index (χ1n) is 6.24. The molecule has 0 radical (unpaired) electrons.